The van der Waals surface area contributed by atoms with Crippen LogP contribution in [0.25, 0.3) is 0 Å². The number of aryl methyl sites for hydroxylation is 1. The van der Waals surface area contributed by atoms with Crippen molar-refractivity contribution in [1.29, 1.82) is 0 Å². The van der Waals surface area contributed by atoms with Gasteiger partial charge in [0.15, 0.2) is 0 Å². The second kappa shape index (κ2) is 10.9. The molecule has 0 bridgehead atoms. The number of amides is 3. The van der Waals surface area contributed by atoms with Crippen LogP contribution < -0.4 is 10.6 Å². The van der Waals surface area contributed by atoms with E-state index in [9.17, 15) is 18.8 Å². The summed E-state index contributed by atoms with van der Waals surface area (Å²) >= 11 is 0. The van der Waals surface area contributed by atoms with Crippen molar-refractivity contribution in [3.63, 3.8) is 0 Å². The highest BCUT2D eigenvalue weighted by Gasteiger charge is 2.16. The summed E-state index contributed by atoms with van der Waals surface area (Å²) in [6.45, 7) is 4.46. The summed E-state index contributed by atoms with van der Waals surface area (Å²) in [6, 6.07) is 13.0. The van der Waals surface area contributed by atoms with E-state index in [2.05, 4.69) is 10.6 Å². The van der Waals surface area contributed by atoms with Crippen LogP contribution in [0.15, 0.2) is 48.5 Å². The molecule has 0 heterocycles. The first-order chi connectivity index (χ1) is 13.9. The maximum absolute atomic E-state index is 12.9. The molecule has 0 aromatic heterocycles. The van der Waals surface area contributed by atoms with E-state index in [0.717, 1.165) is 11.1 Å². The number of benzene rings is 2. The molecule has 0 atom stereocenters. The molecular formula is C22H26FN3O3. The first kappa shape index (κ1) is 22.1. The van der Waals surface area contributed by atoms with Crippen molar-refractivity contribution in [2.24, 2.45) is 0 Å². The number of carbonyl (C=O) groups excluding carboxylic acids is 3. The summed E-state index contributed by atoms with van der Waals surface area (Å²) in [4.78, 5) is 38.0. The van der Waals surface area contributed by atoms with Crippen LogP contribution in [0, 0.1) is 12.7 Å². The Balaban J connectivity index is 1.75. The van der Waals surface area contributed by atoms with E-state index in [1.54, 1.807) is 37.3 Å². The molecule has 2 aromatic rings. The van der Waals surface area contributed by atoms with Crippen LogP contribution >= 0.6 is 0 Å². The van der Waals surface area contributed by atoms with Crippen LogP contribution in [0.1, 0.15) is 34.8 Å². The Kier molecular flexibility index (Phi) is 8.33. The van der Waals surface area contributed by atoms with E-state index in [-0.39, 0.29) is 49.6 Å². The SMILES string of the molecule is CCN(CC(=O)NCc1ccc(F)cc1)C(=O)CCNC(=O)c1cccc(C)c1. The van der Waals surface area contributed by atoms with Crippen molar-refractivity contribution >= 4 is 17.7 Å². The van der Waals surface area contributed by atoms with Crippen LogP contribution in [0.4, 0.5) is 4.39 Å². The fourth-order valence-electron chi connectivity index (χ4n) is 2.74. The van der Waals surface area contributed by atoms with Crippen molar-refractivity contribution in [3.05, 3.63) is 71.0 Å². The highest BCUT2D eigenvalue weighted by Crippen LogP contribution is 2.04. The number of rotatable bonds is 9. The van der Waals surface area contributed by atoms with Gasteiger partial charge in [-0.25, -0.2) is 4.39 Å². The second-order valence-electron chi connectivity index (χ2n) is 6.69. The third kappa shape index (κ3) is 7.37. The zero-order chi connectivity index (χ0) is 21.2. The molecule has 0 unspecified atom stereocenters. The monoisotopic (exact) mass is 399 g/mol. The third-order valence-corrected chi connectivity index (χ3v) is 4.38. The van der Waals surface area contributed by atoms with Crippen LogP contribution in [0.3, 0.4) is 0 Å². The molecule has 154 valence electrons. The number of halogens is 1. The van der Waals surface area contributed by atoms with Crippen LogP contribution in [0.2, 0.25) is 0 Å². The Bertz CT molecular complexity index is 853. The van der Waals surface area contributed by atoms with Gasteiger partial charge in [0.05, 0.1) is 6.54 Å². The Labute approximate surface area is 170 Å². The van der Waals surface area contributed by atoms with Crippen molar-refractivity contribution in [2.75, 3.05) is 19.6 Å². The predicted octanol–water partition coefficient (Wildman–Crippen LogP) is 2.42. The van der Waals surface area contributed by atoms with Crippen LogP contribution in [-0.2, 0) is 16.1 Å². The van der Waals surface area contributed by atoms with Gasteiger partial charge in [0.1, 0.15) is 5.82 Å². The van der Waals surface area contributed by atoms with Crippen molar-refractivity contribution in [3.8, 4) is 0 Å². The summed E-state index contributed by atoms with van der Waals surface area (Å²) in [5, 5.41) is 5.44. The lowest BCUT2D eigenvalue weighted by Crippen LogP contribution is -2.41. The first-order valence-corrected chi connectivity index (χ1v) is 9.53. The van der Waals surface area contributed by atoms with Gasteiger partial charge in [-0.15, -0.1) is 0 Å². The molecule has 0 aliphatic carbocycles. The quantitative estimate of drug-likeness (QED) is 0.680. The normalized spacial score (nSPS) is 10.3. The molecule has 0 fully saturated rings. The Morgan fingerprint density at radius 2 is 1.76 bits per heavy atom. The molecule has 0 aliphatic rings. The molecule has 29 heavy (non-hydrogen) atoms. The van der Waals surface area contributed by atoms with Gasteiger partial charge in [0, 0.05) is 31.6 Å². The molecule has 0 aliphatic heterocycles. The van der Waals surface area contributed by atoms with Crippen LogP contribution in [-0.4, -0.2) is 42.3 Å². The molecule has 2 rings (SSSR count). The van der Waals surface area contributed by atoms with Gasteiger partial charge < -0.3 is 15.5 Å². The number of carbonyl (C=O) groups is 3. The van der Waals surface area contributed by atoms with Crippen molar-refractivity contribution < 1.29 is 18.8 Å². The molecule has 2 N–H and O–H groups in total. The second-order valence-corrected chi connectivity index (χ2v) is 6.69. The highest BCUT2D eigenvalue weighted by atomic mass is 19.1. The standard InChI is InChI=1S/C22H26FN3O3/c1-3-26(15-20(27)25-14-17-7-9-19(23)10-8-17)21(28)11-12-24-22(29)18-6-4-5-16(2)13-18/h4-10,13H,3,11-12,14-15H2,1-2H3,(H,24,29)(H,25,27). The Hall–Kier alpha value is -3.22. The Morgan fingerprint density at radius 1 is 1.03 bits per heavy atom. The maximum atomic E-state index is 12.9. The molecule has 0 saturated carbocycles. The summed E-state index contributed by atoms with van der Waals surface area (Å²) in [5.74, 6) is -1.08. The number of nitrogens with one attached hydrogen (secondary N) is 2. The minimum Gasteiger partial charge on any atom is -0.352 e. The van der Waals surface area contributed by atoms with E-state index in [1.807, 2.05) is 13.0 Å². The smallest absolute Gasteiger partial charge is 0.251 e. The van der Waals surface area contributed by atoms with Gasteiger partial charge in [-0.05, 0) is 43.7 Å². The molecular weight excluding hydrogens is 373 g/mol. The lowest BCUT2D eigenvalue weighted by molar-refractivity contribution is -0.135. The zero-order valence-electron chi connectivity index (χ0n) is 16.7. The fraction of sp³-hybridized carbons (Fsp3) is 0.318. The van der Waals surface area contributed by atoms with Crippen molar-refractivity contribution in [2.45, 2.75) is 26.8 Å². The summed E-state index contributed by atoms with van der Waals surface area (Å²) in [6.07, 6.45) is 0.108. The van der Waals surface area contributed by atoms with Gasteiger partial charge >= 0.3 is 0 Å². The molecule has 0 spiro atoms. The predicted molar refractivity (Wildman–Crippen MR) is 109 cm³/mol. The molecule has 0 saturated heterocycles. The van der Waals surface area contributed by atoms with Gasteiger partial charge in [-0.3, -0.25) is 14.4 Å². The minimum atomic E-state index is -0.336. The average molecular weight is 399 g/mol. The number of hydrogen-bond donors (Lipinski definition) is 2. The molecule has 0 radical (unpaired) electrons. The third-order valence-electron chi connectivity index (χ3n) is 4.38. The Morgan fingerprint density at radius 3 is 2.41 bits per heavy atom. The molecule has 7 heteroatoms. The summed E-state index contributed by atoms with van der Waals surface area (Å²) in [7, 11) is 0. The fourth-order valence-corrected chi connectivity index (χ4v) is 2.74. The lowest BCUT2D eigenvalue weighted by Gasteiger charge is -2.20. The van der Waals surface area contributed by atoms with Gasteiger partial charge in [0.25, 0.3) is 5.91 Å². The minimum absolute atomic E-state index is 0.0671. The van der Waals surface area contributed by atoms with E-state index in [1.165, 1.54) is 17.0 Å². The van der Waals surface area contributed by atoms with E-state index >= 15 is 0 Å². The summed E-state index contributed by atoms with van der Waals surface area (Å²) in [5.41, 5.74) is 2.30. The largest absolute Gasteiger partial charge is 0.352 e. The number of likely N-dealkylation sites (N-methyl/N-ethyl adjacent to an activating group) is 1. The maximum Gasteiger partial charge on any atom is 0.251 e. The van der Waals surface area contributed by atoms with Gasteiger partial charge in [-0.1, -0.05) is 29.8 Å². The molecule has 6 nitrogen and oxygen atoms in total. The highest BCUT2D eigenvalue weighted by molar-refractivity contribution is 5.94. The average Bonchev–Trinajstić information content (AvgIpc) is 2.71. The lowest BCUT2D eigenvalue weighted by atomic mass is 10.1. The summed E-state index contributed by atoms with van der Waals surface area (Å²) < 4.78 is 12.9. The molecule has 2 aromatic carbocycles. The van der Waals surface area contributed by atoms with Crippen LogP contribution in [0.5, 0.6) is 0 Å². The zero-order valence-corrected chi connectivity index (χ0v) is 16.7. The van der Waals surface area contributed by atoms with E-state index in [4.69, 9.17) is 0 Å². The van der Waals surface area contributed by atoms with E-state index < -0.39 is 0 Å². The molecule has 3 amide bonds. The van der Waals surface area contributed by atoms with E-state index in [0.29, 0.717) is 12.1 Å². The topological polar surface area (TPSA) is 78.5 Å². The van der Waals surface area contributed by atoms with Gasteiger partial charge in [-0.2, -0.15) is 0 Å². The van der Waals surface area contributed by atoms with Gasteiger partial charge in [0.2, 0.25) is 11.8 Å². The number of nitrogens with zero attached hydrogens (tertiary/aromatic N) is 1. The number of hydrogen-bond acceptors (Lipinski definition) is 3. The van der Waals surface area contributed by atoms with Crippen molar-refractivity contribution in [1.82, 2.24) is 15.5 Å². The first-order valence-electron chi connectivity index (χ1n) is 9.53.